The first-order valence-electron chi connectivity index (χ1n) is 6.19. The van der Waals surface area contributed by atoms with Crippen LogP contribution in [-0.4, -0.2) is 28.5 Å². The summed E-state index contributed by atoms with van der Waals surface area (Å²) in [6.45, 7) is 4.28. The van der Waals surface area contributed by atoms with E-state index in [4.69, 9.17) is 5.73 Å². The molecule has 1 saturated carbocycles. The third-order valence-corrected chi connectivity index (χ3v) is 3.54. The Bertz CT molecular complexity index is 312. The smallest absolute Gasteiger partial charge is 0.0271 e. The highest BCUT2D eigenvalue weighted by Gasteiger charge is 2.28. The van der Waals surface area contributed by atoms with Crippen LogP contribution in [0.25, 0.3) is 0 Å². The Labute approximate surface area is 97.7 Å². The van der Waals surface area contributed by atoms with E-state index in [0.29, 0.717) is 12.1 Å². The van der Waals surface area contributed by atoms with Crippen LogP contribution in [0.5, 0.6) is 0 Å². The lowest BCUT2D eigenvalue weighted by Crippen LogP contribution is -2.43. The quantitative estimate of drug-likeness (QED) is 0.839. The molecule has 1 aliphatic rings. The summed E-state index contributed by atoms with van der Waals surface area (Å²) in [6.07, 6.45) is 7.42. The fourth-order valence-electron chi connectivity index (χ4n) is 2.61. The molecule has 2 atom stereocenters. The number of hydrogen-bond donors (Lipinski definition) is 1. The molecule has 1 aromatic rings. The van der Waals surface area contributed by atoms with E-state index in [1.807, 2.05) is 12.4 Å². The SMILES string of the molecule is CCN(Cc1ccncc1)C1CCCC1N. The molecule has 2 N–H and O–H groups in total. The van der Waals surface area contributed by atoms with Crippen molar-refractivity contribution in [3.63, 3.8) is 0 Å². The van der Waals surface area contributed by atoms with Gasteiger partial charge in [-0.05, 0) is 37.1 Å². The van der Waals surface area contributed by atoms with Crippen molar-refractivity contribution in [1.29, 1.82) is 0 Å². The molecule has 3 heteroatoms. The van der Waals surface area contributed by atoms with E-state index in [9.17, 15) is 0 Å². The summed E-state index contributed by atoms with van der Waals surface area (Å²) in [4.78, 5) is 6.54. The molecule has 0 saturated heterocycles. The molecule has 1 heterocycles. The highest BCUT2D eigenvalue weighted by atomic mass is 15.2. The Kier molecular flexibility index (Phi) is 3.91. The number of rotatable bonds is 4. The van der Waals surface area contributed by atoms with Gasteiger partial charge >= 0.3 is 0 Å². The van der Waals surface area contributed by atoms with E-state index in [0.717, 1.165) is 13.1 Å². The number of pyridine rings is 1. The number of likely N-dealkylation sites (N-methyl/N-ethyl adjacent to an activating group) is 1. The van der Waals surface area contributed by atoms with Crippen molar-refractivity contribution in [2.75, 3.05) is 6.54 Å². The minimum atomic E-state index is 0.363. The summed E-state index contributed by atoms with van der Waals surface area (Å²) in [5.41, 5.74) is 7.48. The molecule has 3 nitrogen and oxygen atoms in total. The average molecular weight is 219 g/mol. The lowest BCUT2D eigenvalue weighted by atomic mass is 10.1. The normalized spacial score (nSPS) is 25.2. The molecule has 0 bridgehead atoms. The molecule has 0 aromatic carbocycles. The molecule has 0 amide bonds. The minimum Gasteiger partial charge on any atom is -0.326 e. The minimum absolute atomic E-state index is 0.363. The summed E-state index contributed by atoms with van der Waals surface area (Å²) in [6, 6.07) is 5.10. The van der Waals surface area contributed by atoms with Crippen molar-refractivity contribution in [2.45, 2.75) is 44.8 Å². The Morgan fingerprint density at radius 3 is 2.69 bits per heavy atom. The molecule has 88 valence electrons. The first-order chi connectivity index (χ1) is 7.81. The molecule has 1 aromatic heterocycles. The molecule has 0 spiro atoms. The van der Waals surface area contributed by atoms with E-state index in [2.05, 4.69) is 28.9 Å². The van der Waals surface area contributed by atoms with Gasteiger partial charge in [0.15, 0.2) is 0 Å². The Morgan fingerprint density at radius 1 is 1.38 bits per heavy atom. The molecule has 16 heavy (non-hydrogen) atoms. The van der Waals surface area contributed by atoms with E-state index in [1.54, 1.807) is 0 Å². The number of nitrogens with two attached hydrogens (primary N) is 1. The van der Waals surface area contributed by atoms with Crippen LogP contribution in [0.4, 0.5) is 0 Å². The summed E-state index contributed by atoms with van der Waals surface area (Å²) < 4.78 is 0. The van der Waals surface area contributed by atoms with Crippen LogP contribution in [0.1, 0.15) is 31.7 Å². The average Bonchev–Trinajstić information content (AvgIpc) is 2.74. The van der Waals surface area contributed by atoms with E-state index in [1.165, 1.54) is 24.8 Å². The first kappa shape index (κ1) is 11.6. The van der Waals surface area contributed by atoms with Crippen molar-refractivity contribution in [3.05, 3.63) is 30.1 Å². The molecular formula is C13H21N3. The third kappa shape index (κ3) is 2.60. The second-order valence-corrected chi connectivity index (χ2v) is 4.58. The molecule has 2 unspecified atom stereocenters. The zero-order valence-electron chi connectivity index (χ0n) is 9.97. The predicted molar refractivity (Wildman–Crippen MR) is 65.9 cm³/mol. The molecular weight excluding hydrogens is 198 g/mol. The van der Waals surface area contributed by atoms with Gasteiger partial charge in [-0.25, -0.2) is 0 Å². The fourth-order valence-corrected chi connectivity index (χ4v) is 2.61. The van der Waals surface area contributed by atoms with Gasteiger partial charge in [-0.2, -0.15) is 0 Å². The second kappa shape index (κ2) is 5.41. The van der Waals surface area contributed by atoms with Gasteiger partial charge in [-0.3, -0.25) is 9.88 Å². The highest BCUT2D eigenvalue weighted by molar-refractivity contribution is 5.10. The maximum atomic E-state index is 6.16. The van der Waals surface area contributed by atoms with Gasteiger partial charge in [0, 0.05) is 31.0 Å². The van der Waals surface area contributed by atoms with Crippen LogP contribution in [0.15, 0.2) is 24.5 Å². The van der Waals surface area contributed by atoms with Crippen LogP contribution in [0.2, 0.25) is 0 Å². The van der Waals surface area contributed by atoms with Crippen molar-refractivity contribution in [1.82, 2.24) is 9.88 Å². The van der Waals surface area contributed by atoms with E-state index < -0.39 is 0 Å². The molecule has 0 aliphatic heterocycles. The Balaban J connectivity index is 2.00. The van der Waals surface area contributed by atoms with Gasteiger partial charge in [-0.1, -0.05) is 13.3 Å². The summed E-state index contributed by atoms with van der Waals surface area (Å²) >= 11 is 0. The standard InChI is InChI=1S/C13H21N3/c1-2-16(13-5-3-4-12(13)14)10-11-6-8-15-9-7-11/h6-9,12-13H,2-5,10,14H2,1H3. The number of hydrogen-bond acceptors (Lipinski definition) is 3. The Hall–Kier alpha value is -0.930. The number of nitrogens with zero attached hydrogens (tertiary/aromatic N) is 2. The topological polar surface area (TPSA) is 42.2 Å². The van der Waals surface area contributed by atoms with Gasteiger partial charge in [0.1, 0.15) is 0 Å². The van der Waals surface area contributed by atoms with Gasteiger partial charge in [0.05, 0.1) is 0 Å². The zero-order valence-corrected chi connectivity index (χ0v) is 9.97. The lowest BCUT2D eigenvalue weighted by Gasteiger charge is -2.30. The van der Waals surface area contributed by atoms with Crippen molar-refractivity contribution < 1.29 is 0 Å². The van der Waals surface area contributed by atoms with Gasteiger partial charge in [-0.15, -0.1) is 0 Å². The molecule has 1 aliphatic carbocycles. The lowest BCUT2D eigenvalue weighted by molar-refractivity contribution is 0.186. The second-order valence-electron chi connectivity index (χ2n) is 4.58. The van der Waals surface area contributed by atoms with Crippen molar-refractivity contribution >= 4 is 0 Å². The van der Waals surface area contributed by atoms with Crippen LogP contribution < -0.4 is 5.73 Å². The van der Waals surface area contributed by atoms with Gasteiger partial charge < -0.3 is 5.73 Å². The summed E-state index contributed by atoms with van der Waals surface area (Å²) in [5, 5.41) is 0. The van der Waals surface area contributed by atoms with Gasteiger partial charge in [0.2, 0.25) is 0 Å². The monoisotopic (exact) mass is 219 g/mol. The largest absolute Gasteiger partial charge is 0.326 e. The van der Waals surface area contributed by atoms with Crippen LogP contribution >= 0.6 is 0 Å². The molecule has 0 radical (unpaired) electrons. The fraction of sp³-hybridized carbons (Fsp3) is 0.615. The predicted octanol–water partition coefficient (Wildman–Crippen LogP) is 1.78. The number of aromatic nitrogens is 1. The summed E-state index contributed by atoms with van der Waals surface area (Å²) in [5.74, 6) is 0. The van der Waals surface area contributed by atoms with Crippen molar-refractivity contribution in [3.8, 4) is 0 Å². The van der Waals surface area contributed by atoms with E-state index in [-0.39, 0.29) is 0 Å². The van der Waals surface area contributed by atoms with Crippen molar-refractivity contribution in [2.24, 2.45) is 5.73 Å². The highest BCUT2D eigenvalue weighted by Crippen LogP contribution is 2.23. The van der Waals surface area contributed by atoms with Crippen LogP contribution in [0, 0.1) is 0 Å². The maximum Gasteiger partial charge on any atom is 0.0271 e. The first-order valence-corrected chi connectivity index (χ1v) is 6.19. The Morgan fingerprint density at radius 2 is 2.12 bits per heavy atom. The van der Waals surface area contributed by atoms with Crippen LogP contribution in [-0.2, 0) is 6.54 Å². The zero-order chi connectivity index (χ0) is 11.4. The molecule has 2 rings (SSSR count). The van der Waals surface area contributed by atoms with Crippen LogP contribution in [0.3, 0.4) is 0 Å². The summed E-state index contributed by atoms with van der Waals surface area (Å²) in [7, 11) is 0. The van der Waals surface area contributed by atoms with E-state index >= 15 is 0 Å². The maximum absolute atomic E-state index is 6.16. The van der Waals surface area contributed by atoms with Gasteiger partial charge in [0.25, 0.3) is 0 Å². The molecule has 1 fully saturated rings. The third-order valence-electron chi connectivity index (χ3n) is 3.54.